The molecule has 0 aliphatic carbocycles. The Balaban J connectivity index is 1.83. The standard InChI is InChI=1S/C21H20ClFN2O2S/c1-4-25(12-13-5-7-14(8-6-13)20(26)24(2)3)21(27)19-18(22)16-10-9-15(23)11-17(16)28-19/h5-11H,4,12H2,1-3H3. The number of carbonyl (C=O) groups excluding carboxylic acids is 2. The van der Waals surface area contributed by atoms with Crippen LogP contribution >= 0.6 is 22.9 Å². The Bertz CT molecular complexity index is 1030. The van der Waals surface area contributed by atoms with Gasteiger partial charge < -0.3 is 9.80 Å². The van der Waals surface area contributed by atoms with Crippen molar-refractivity contribution in [2.24, 2.45) is 0 Å². The molecule has 0 radical (unpaired) electrons. The zero-order chi connectivity index (χ0) is 20.4. The van der Waals surface area contributed by atoms with E-state index in [-0.39, 0.29) is 17.6 Å². The fourth-order valence-corrected chi connectivity index (χ4v) is 4.38. The molecule has 1 heterocycles. The van der Waals surface area contributed by atoms with Crippen molar-refractivity contribution in [3.8, 4) is 0 Å². The van der Waals surface area contributed by atoms with Crippen LogP contribution in [0.3, 0.4) is 0 Å². The highest BCUT2D eigenvalue weighted by Gasteiger charge is 2.22. The molecule has 0 aliphatic heterocycles. The molecule has 1 aromatic heterocycles. The van der Waals surface area contributed by atoms with E-state index in [9.17, 15) is 14.0 Å². The van der Waals surface area contributed by atoms with Gasteiger partial charge in [0.15, 0.2) is 0 Å². The van der Waals surface area contributed by atoms with Gasteiger partial charge in [-0.2, -0.15) is 0 Å². The van der Waals surface area contributed by atoms with Gasteiger partial charge >= 0.3 is 0 Å². The van der Waals surface area contributed by atoms with Crippen molar-refractivity contribution < 1.29 is 14.0 Å². The van der Waals surface area contributed by atoms with Gasteiger partial charge in [0, 0.05) is 42.8 Å². The maximum Gasteiger partial charge on any atom is 0.265 e. The summed E-state index contributed by atoms with van der Waals surface area (Å²) in [6.07, 6.45) is 0. The number of hydrogen-bond donors (Lipinski definition) is 0. The minimum atomic E-state index is -0.357. The van der Waals surface area contributed by atoms with E-state index in [4.69, 9.17) is 11.6 Å². The number of hydrogen-bond acceptors (Lipinski definition) is 3. The highest BCUT2D eigenvalue weighted by atomic mass is 35.5. The topological polar surface area (TPSA) is 40.6 Å². The number of carbonyl (C=O) groups is 2. The van der Waals surface area contributed by atoms with E-state index in [0.717, 1.165) is 5.56 Å². The molecule has 0 saturated carbocycles. The molecule has 0 atom stereocenters. The molecule has 28 heavy (non-hydrogen) atoms. The minimum absolute atomic E-state index is 0.0701. The quantitative estimate of drug-likeness (QED) is 0.581. The molecule has 0 bridgehead atoms. The molecule has 146 valence electrons. The zero-order valence-electron chi connectivity index (χ0n) is 15.8. The summed E-state index contributed by atoms with van der Waals surface area (Å²) in [7, 11) is 3.41. The number of fused-ring (bicyclic) bond motifs is 1. The molecule has 2 amide bonds. The van der Waals surface area contributed by atoms with Gasteiger partial charge in [0.2, 0.25) is 0 Å². The molecule has 7 heteroatoms. The summed E-state index contributed by atoms with van der Waals surface area (Å²) in [5, 5.41) is 1.04. The van der Waals surface area contributed by atoms with Gasteiger partial charge in [-0.05, 0) is 42.8 Å². The van der Waals surface area contributed by atoms with Gasteiger partial charge in [-0.1, -0.05) is 23.7 Å². The van der Waals surface area contributed by atoms with Crippen LogP contribution in [0.15, 0.2) is 42.5 Å². The van der Waals surface area contributed by atoms with Crippen LogP contribution in [0, 0.1) is 5.82 Å². The van der Waals surface area contributed by atoms with Gasteiger partial charge in [0.25, 0.3) is 11.8 Å². The Morgan fingerprint density at radius 1 is 1.07 bits per heavy atom. The van der Waals surface area contributed by atoms with Gasteiger partial charge in [-0.15, -0.1) is 11.3 Å². The number of rotatable bonds is 5. The van der Waals surface area contributed by atoms with Crippen molar-refractivity contribution in [1.82, 2.24) is 9.80 Å². The molecule has 4 nitrogen and oxygen atoms in total. The highest BCUT2D eigenvalue weighted by molar-refractivity contribution is 7.21. The first-order valence-corrected chi connectivity index (χ1v) is 9.98. The largest absolute Gasteiger partial charge is 0.345 e. The maximum absolute atomic E-state index is 13.5. The second-order valence-corrected chi connectivity index (χ2v) is 8.03. The first kappa shape index (κ1) is 20.3. The van der Waals surface area contributed by atoms with E-state index < -0.39 is 0 Å². The highest BCUT2D eigenvalue weighted by Crippen LogP contribution is 2.36. The van der Waals surface area contributed by atoms with Gasteiger partial charge in [0.1, 0.15) is 10.7 Å². The van der Waals surface area contributed by atoms with Crippen molar-refractivity contribution in [2.75, 3.05) is 20.6 Å². The Morgan fingerprint density at radius 3 is 2.36 bits per heavy atom. The summed E-state index contributed by atoms with van der Waals surface area (Å²) >= 11 is 7.59. The average molecular weight is 419 g/mol. The molecule has 0 N–H and O–H groups in total. The molecule has 0 spiro atoms. The first-order chi connectivity index (χ1) is 13.3. The van der Waals surface area contributed by atoms with E-state index in [0.29, 0.717) is 38.6 Å². The lowest BCUT2D eigenvalue weighted by Gasteiger charge is -2.21. The van der Waals surface area contributed by atoms with E-state index in [2.05, 4.69) is 0 Å². The molecule has 2 aromatic carbocycles. The zero-order valence-corrected chi connectivity index (χ0v) is 17.4. The number of thiophene rings is 1. The third kappa shape index (κ3) is 4.03. The van der Waals surface area contributed by atoms with Crippen LogP contribution < -0.4 is 0 Å². The van der Waals surface area contributed by atoms with Crippen molar-refractivity contribution in [3.05, 3.63) is 69.3 Å². The number of halogens is 2. The van der Waals surface area contributed by atoms with Crippen molar-refractivity contribution in [2.45, 2.75) is 13.5 Å². The number of benzene rings is 2. The molecule has 0 aliphatic rings. The third-order valence-corrected chi connectivity index (χ3v) is 6.08. The van der Waals surface area contributed by atoms with Crippen LogP contribution in [-0.2, 0) is 6.54 Å². The minimum Gasteiger partial charge on any atom is -0.345 e. The lowest BCUT2D eigenvalue weighted by atomic mass is 10.1. The third-order valence-electron chi connectivity index (χ3n) is 4.44. The summed E-state index contributed by atoms with van der Waals surface area (Å²) in [4.78, 5) is 28.6. The summed E-state index contributed by atoms with van der Waals surface area (Å²) in [5.41, 5.74) is 1.51. The Morgan fingerprint density at radius 2 is 1.75 bits per heavy atom. The van der Waals surface area contributed by atoms with E-state index in [1.807, 2.05) is 19.1 Å². The molecule has 3 rings (SSSR count). The smallest absolute Gasteiger partial charge is 0.265 e. The lowest BCUT2D eigenvalue weighted by molar-refractivity contribution is 0.0756. The fourth-order valence-electron chi connectivity index (χ4n) is 2.88. The summed E-state index contributed by atoms with van der Waals surface area (Å²) in [6, 6.07) is 11.5. The van der Waals surface area contributed by atoms with Crippen molar-refractivity contribution in [3.63, 3.8) is 0 Å². The molecular formula is C21H20ClFN2O2S. The Kier molecular flexibility index (Phi) is 6.01. The molecular weight excluding hydrogens is 399 g/mol. The summed E-state index contributed by atoms with van der Waals surface area (Å²) in [6.45, 7) is 2.78. The van der Waals surface area contributed by atoms with Gasteiger partial charge in [-0.3, -0.25) is 9.59 Å². The van der Waals surface area contributed by atoms with Crippen LogP contribution in [0.25, 0.3) is 10.1 Å². The van der Waals surface area contributed by atoms with Crippen LogP contribution in [0.1, 0.15) is 32.5 Å². The molecule has 0 fully saturated rings. The fraction of sp³-hybridized carbons (Fsp3) is 0.238. The molecule has 0 unspecified atom stereocenters. The monoisotopic (exact) mass is 418 g/mol. The van der Waals surface area contributed by atoms with Crippen LogP contribution in [0.4, 0.5) is 4.39 Å². The van der Waals surface area contributed by atoms with Crippen LogP contribution in [0.5, 0.6) is 0 Å². The summed E-state index contributed by atoms with van der Waals surface area (Å²) < 4.78 is 14.1. The second kappa shape index (κ2) is 8.29. The van der Waals surface area contributed by atoms with Gasteiger partial charge in [-0.25, -0.2) is 4.39 Å². The first-order valence-electron chi connectivity index (χ1n) is 8.79. The normalized spacial score (nSPS) is 10.9. The number of amides is 2. The predicted molar refractivity (Wildman–Crippen MR) is 112 cm³/mol. The average Bonchev–Trinajstić information content (AvgIpc) is 3.01. The lowest BCUT2D eigenvalue weighted by Crippen LogP contribution is -2.30. The maximum atomic E-state index is 13.5. The van der Waals surface area contributed by atoms with Gasteiger partial charge in [0.05, 0.1) is 5.02 Å². The summed E-state index contributed by atoms with van der Waals surface area (Å²) in [5.74, 6) is -0.619. The molecule has 0 saturated heterocycles. The van der Waals surface area contributed by atoms with E-state index in [1.165, 1.54) is 28.4 Å². The van der Waals surface area contributed by atoms with Crippen molar-refractivity contribution in [1.29, 1.82) is 0 Å². The SMILES string of the molecule is CCN(Cc1ccc(C(=O)N(C)C)cc1)C(=O)c1sc2cc(F)ccc2c1Cl. The molecule has 3 aromatic rings. The van der Waals surface area contributed by atoms with Crippen molar-refractivity contribution >= 4 is 44.8 Å². The van der Waals surface area contributed by atoms with E-state index in [1.54, 1.807) is 37.2 Å². The number of nitrogens with zero attached hydrogens (tertiary/aromatic N) is 2. The Labute approximate surface area is 172 Å². The van der Waals surface area contributed by atoms with Crippen LogP contribution in [-0.4, -0.2) is 42.3 Å². The second-order valence-electron chi connectivity index (χ2n) is 6.60. The Hall–Kier alpha value is -2.44. The van der Waals surface area contributed by atoms with Crippen LogP contribution in [0.2, 0.25) is 5.02 Å². The predicted octanol–water partition coefficient (Wildman–Crippen LogP) is 5.06. The van der Waals surface area contributed by atoms with E-state index >= 15 is 0 Å².